The first-order valence-electron chi connectivity index (χ1n) is 17.0. The summed E-state index contributed by atoms with van der Waals surface area (Å²) in [6.07, 6.45) is 9.61. The average Bonchev–Trinajstić information content (AvgIpc) is 3.34. The van der Waals surface area contributed by atoms with Crippen molar-refractivity contribution in [3.8, 4) is 11.5 Å². The van der Waals surface area contributed by atoms with Crippen LogP contribution in [0.1, 0.15) is 38.8 Å². The van der Waals surface area contributed by atoms with E-state index in [2.05, 4.69) is 25.3 Å². The van der Waals surface area contributed by atoms with Gasteiger partial charge in [-0.2, -0.15) is 0 Å². The molecule has 5 rings (SSSR count). The number of ether oxygens (including phenoxy) is 2. The minimum Gasteiger partial charge on any atom is -0.681 e. The number of allylic oxidation sites excluding steroid dienone is 7. The van der Waals surface area contributed by atoms with Gasteiger partial charge in [0.1, 0.15) is 18.1 Å². The molecule has 1 aliphatic rings. The summed E-state index contributed by atoms with van der Waals surface area (Å²) in [4.78, 5) is 24.7. The molecule has 4 aromatic rings. The number of fused-ring (bicyclic) bond motifs is 1. The molecule has 268 valence electrons. The van der Waals surface area contributed by atoms with Crippen molar-refractivity contribution in [1.82, 2.24) is 0 Å². The van der Waals surface area contributed by atoms with Gasteiger partial charge in [-0.15, -0.1) is 5.69 Å². The molecule has 0 amide bonds. The number of non-ortho nitro benzene ring substituents is 2. The fraction of sp³-hybridized carbons (Fsp3) is 0.238. The van der Waals surface area contributed by atoms with Crippen LogP contribution in [0, 0.1) is 20.2 Å². The molecule has 0 fully saturated rings. The molecule has 0 unspecified atom stereocenters. The zero-order chi connectivity index (χ0) is 37.3. The molecule has 0 aliphatic carbocycles. The van der Waals surface area contributed by atoms with Crippen LogP contribution in [0.25, 0.3) is 5.32 Å². The van der Waals surface area contributed by atoms with E-state index in [1.807, 2.05) is 105 Å². The molecule has 10 heteroatoms. The van der Waals surface area contributed by atoms with Gasteiger partial charge in [0.15, 0.2) is 0 Å². The SMILES string of the molecule is C=C(/C=C/C=C/C=C1/N(CCOc2ccccc2)c2ccc([N+](=O)[O-])cc2C1(C)C)C(C)(C)c1cc([N+](=O)[O-])ccc1[N-]CCOc1ccccc1. The Morgan fingerprint density at radius 1 is 0.827 bits per heavy atom. The lowest BCUT2D eigenvalue weighted by Crippen LogP contribution is -2.29. The fourth-order valence-electron chi connectivity index (χ4n) is 6.18. The second kappa shape index (κ2) is 16.2. The van der Waals surface area contributed by atoms with Crippen molar-refractivity contribution in [2.24, 2.45) is 0 Å². The van der Waals surface area contributed by atoms with E-state index in [0.717, 1.165) is 34.0 Å². The molecule has 0 spiro atoms. The molecule has 1 aliphatic heterocycles. The first-order chi connectivity index (χ1) is 24.9. The van der Waals surface area contributed by atoms with Crippen molar-refractivity contribution in [2.75, 3.05) is 31.2 Å². The third-order valence-corrected chi connectivity index (χ3v) is 9.24. The Labute approximate surface area is 304 Å². The molecule has 0 atom stereocenters. The van der Waals surface area contributed by atoms with E-state index < -0.39 is 15.8 Å². The highest BCUT2D eigenvalue weighted by atomic mass is 16.6. The Morgan fingerprint density at radius 3 is 2.06 bits per heavy atom. The molecule has 10 nitrogen and oxygen atoms in total. The van der Waals surface area contributed by atoms with Crippen LogP contribution in [0.15, 0.2) is 145 Å². The number of nitro benzene ring substituents is 2. The highest BCUT2D eigenvalue weighted by molar-refractivity contribution is 5.73. The quantitative estimate of drug-likeness (QED) is 0.0494. The highest BCUT2D eigenvalue weighted by Gasteiger charge is 2.40. The van der Waals surface area contributed by atoms with Gasteiger partial charge < -0.3 is 19.7 Å². The Hall–Kier alpha value is -6.16. The Balaban J connectivity index is 1.32. The van der Waals surface area contributed by atoms with E-state index >= 15 is 0 Å². The van der Waals surface area contributed by atoms with E-state index in [4.69, 9.17) is 14.8 Å². The van der Waals surface area contributed by atoms with Crippen LogP contribution in [-0.2, 0) is 10.8 Å². The summed E-state index contributed by atoms with van der Waals surface area (Å²) >= 11 is 0. The van der Waals surface area contributed by atoms with Crippen molar-refractivity contribution in [3.05, 3.63) is 182 Å². The van der Waals surface area contributed by atoms with E-state index in [1.165, 1.54) is 12.1 Å². The molecular formula is C42H43N4O6-. The lowest BCUT2D eigenvalue weighted by atomic mass is 9.77. The number of hydrogen-bond acceptors (Lipinski definition) is 7. The van der Waals surface area contributed by atoms with Gasteiger partial charge in [-0.3, -0.25) is 20.2 Å². The Bertz CT molecular complexity index is 2000. The summed E-state index contributed by atoms with van der Waals surface area (Å²) < 4.78 is 11.8. The lowest BCUT2D eigenvalue weighted by Gasteiger charge is -2.34. The standard InChI is InChI=1S/C42H43N4O6/c1-31(41(2,3)36-29-32(45(47)48)21-23-38(36)43-25-27-51-34-16-10-7-11-17-34)15-9-6-14-20-40-42(4,5)37-30-33(46(49)50)22-24-39(37)44(40)26-28-52-35-18-12-8-13-19-35/h6-24,29-30H,1,25-28H2,2-5H3/q-1/b14-6+,15-9+,40-20+. The van der Waals surface area contributed by atoms with E-state index in [-0.39, 0.29) is 16.3 Å². The third kappa shape index (κ3) is 8.58. The molecule has 0 saturated heterocycles. The second-order valence-electron chi connectivity index (χ2n) is 13.3. The van der Waals surface area contributed by atoms with Gasteiger partial charge in [-0.1, -0.05) is 108 Å². The molecule has 4 aromatic carbocycles. The Kier molecular flexibility index (Phi) is 11.6. The summed E-state index contributed by atoms with van der Waals surface area (Å²) in [5.74, 6) is 1.52. The van der Waals surface area contributed by atoms with Crippen LogP contribution < -0.4 is 14.4 Å². The maximum atomic E-state index is 11.7. The molecule has 0 N–H and O–H groups in total. The highest BCUT2D eigenvalue weighted by Crippen LogP contribution is 2.49. The van der Waals surface area contributed by atoms with E-state index in [0.29, 0.717) is 37.6 Å². The van der Waals surface area contributed by atoms with Crippen molar-refractivity contribution < 1.29 is 19.3 Å². The maximum absolute atomic E-state index is 11.7. The van der Waals surface area contributed by atoms with Crippen LogP contribution in [-0.4, -0.2) is 36.1 Å². The predicted molar refractivity (Wildman–Crippen MR) is 207 cm³/mol. The minimum atomic E-state index is -0.687. The van der Waals surface area contributed by atoms with Gasteiger partial charge in [-0.25, -0.2) is 0 Å². The van der Waals surface area contributed by atoms with Gasteiger partial charge in [0.05, 0.1) is 23.0 Å². The normalized spacial score (nSPS) is 14.5. The van der Waals surface area contributed by atoms with E-state index in [9.17, 15) is 20.2 Å². The largest absolute Gasteiger partial charge is 0.681 e. The molecule has 0 radical (unpaired) electrons. The van der Waals surface area contributed by atoms with Gasteiger partial charge in [0.2, 0.25) is 0 Å². The molecule has 0 bridgehead atoms. The van der Waals surface area contributed by atoms with E-state index in [1.54, 1.807) is 24.3 Å². The fourth-order valence-corrected chi connectivity index (χ4v) is 6.18. The van der Waals surface area contributed by atoms with Crippen LogP contribution >= 0.6 is 0 Å². The van der Waals surface area contributed by atoms with Gasteiger partial charge >= 0.3 is 0 Å². The van der Waals surface area contributed by atoms with Gasteiger partial charge in [-0.05, 0) is 53.1 Å². The van der Waals surface area contributed by atoms with Crippen molar-refractivity contribution in [3.63, 3.8) is 0 Å². The smallest absolute Gasteiger partial charge is 0.269 e. The summed E-state index contributed by atoms with van der Waals surface area (Å²) in [6, 6.07) is 28.8. The molecular weight excluding hydrogens is 656 g/mol. The number of rotatable bonds is 16. The van der Waals surface area contributed by atoms with Crippen LogP contribution in [0.3, 0.4) is 0 Å². The number of hydrogen-bond donors (Lipinski definition) is 0. The molecule has 52 heavy (non-hydrogen) atoms. The lowest BCUT2D eigenvalue weighted by molar-refractivity contribution is -0.385. The van der Waals surface area contributed by atoms with Crippen molar-refractivity contribution >= 4 is 22.7 Å². The topological polar surface area (TPSA) is 122 Å². The average molecular weight is 700 g/mol. The van der Waals surface area contributed by atoms with Crippen LogP contribution in [0.4, 0.5) is 22.7 Å². The number of nitrogens with zero attached hydrogens (tertiary/aromatic N) is 4. The third-order valence-electron chi connectivity index (χ3n) is 9.24. The second-order valence-corrected chi connectivity index (χ2v) is 13.3. The first-order valence-corrected chi connectivity index (χ1v) is 17.0. The van der Waals surface area contributed by atoms with Crippen LogP contribution in [0.5, 0.6) is 11.5 Å². The van der Waals surface area contributed by atoms with Gasteiger partial charge in [0.25, 0.3) is 11.4 Å². The number of benzene rings is 4. The number of nitro groups is 2. The summed E-state index contributed by atoms with van der Waals surface area (Å²) in [6.45, 7) is 14.1. The predicted octanol–water partition coefficient (Wildman–Crippen LogP) is 10.3. The summed E-state index contributed by atoms with van der Waals surface area (Å²) in [5.41, 5.74) is 3.65. The minimum absolute atomic E-state index is 0.0184. The van der Waals surface area contributed by atoms with Crippen molar-refractivity contribution in [1.29, 1.82) is 0 Å². The van der Waals surface area contributed by atoms with Crippen LogP contribution in [0.2, 0.25) is 0 Å². The maximum Gasteiger partial charge on any atom is 0.269 e. The summed E-state index contributed by atoms with van der Waals surface area (Å²) in [7, 11) is 0. The molecule has 0 saturated carbocycles. The summed E-state index contributed by atoms with van der Waals surface area (Å²) in [5, 5.41) is 28.1. The Morgan fingerprint density at radius 2 is 1.42 bits per heavy atom. The monoisotopic (exact) mass is 699 g/mol. The number of anilines is 1. The number of para-hydroxylation sites is 2. The first kappa shape index (κ1) is 37.1. The zero-order valence-corrected chi connectivity index (χ0v) is 29.9. The molecule has 0 aromatic heterocycles. The zero-order valence-electron chi connectivity index (χ0n) is 29.9. The molecule has 1 heterocycles. The van der Waals surface area contributed by atoms with Gasteiger partial charge in [0, 0.05) is 46.5 Å². The van der Waals surface area contributed by atoms with Crippen molar-refractivity contribution in [2.45, 2.75) is 38.5 Å².